The number of carbonyl (C=O) groups is 1. The fraction of sp³-hybridized carbons (Fsp3) is 0.963. The summed E-state index contributed by atoms with van der Waals surface area (Å²) in [5, 5.41) is 0. The van der Waals surface area contributed by atoms with E-state index in [1.807, 2.05) is 3.11 Å². The summed E-state index contributed by atoms with van der Waals surface area (Å²) in [7, 11) is 0. The standard InChI is InChI=1S/C27H50INO2S/c1-22(2,3)11-12-25(9,10)31-18-24(7,8)29(28)21(30)17-26-13-15-27(26,16-14-26)20-32-19-23(4,5)6/h11-20H2,1-10H3. The van der Waals surface area contributed by atoms with Gasteiger partial charge in [0.1, 0.15) is 0 Å². The predicted molar refractivity (Wildman–Crippen MR) is 148 cm³/mol. The first kappa shape index (κ1) is 28.7. The number of ether oxygens (including phenoxy) is 1. The first-order valence-corrected chi connectivity index (χ1v) is 14.6. The average Bonchev–Trinajstić information content (AvgIpc) is 2.64. The highest BCUT2D eigenvalue weighted by Crippen LogP contribution is 2.73. The third kappa shape index (κ3) is 7.26. The molecule has 5 heteroatoms. The van der Waals surface area contributed by atoms with Crippen molar-refractivity contribution >= 4 is 40.5 Å². The quantitative estimate of drug-likeness (QED) is 0.182. The van der Waals surface area contributed by atoms with Gasteiger partial charge in [0, 0.05) is 6.42 Å². The number of fused-ring (bicyclic) bond motifs is 1. The van der Waals surface area contributed by atoms with Crippen LogP contribution in [0.1, 0.15) is 114 Å². The Bertz CT molecular complexity index is 652. The van der Waals surface area contributed by atoms with E-state index in [0.717, 1.165) is 12.8 Å². The highest BCUT2D eigenvalue weighted by molar-refractivity contribution is 14.1. The van der Waals surface area contributed by atoms with Crippen molar-refractivity contribution in [2.24, 2.45) is 21.7 Å². The van der Waals surface area contributed by atoms with Crippen molar-refractivity contribution in [1.29, 1.82) is 0 Å². The van der Waals surface area contributed by atoms with E-state index in [9.17, 15) is 4.79 Å². The van der Waals surface area contributed by atoms with Crippen LogP contribution < -0.4 is 0 Å². The average molecular weight is 580 g/mol. The number of hydrogen-bond acceptors (Lipinski definition) is 3. The number of rotatable bonds is 11. The monoisotopic (exact) mass is 579 g/mol. The summed E-state index contributed by atoms with van der Waals surface area (Å²) in [4.78, 5) is 13.4. The van der Waals surface area contributed by atoms with Gasteiger partial charge in [-0.2, -0.15) is 11.8 Å². The molecule has 0 spiro atoms. The summed E-state index contributed by atoms with van der Waals surface area (Å²) < 4.78 is 8.32. The SMILES string of the molecule is CC(C)(C)CCC(C)(C)OCC(C)(C)N(I)C(=O)CC12CCC1(CSCC(C)(C)C)CC2. The third-order valence-electron chi connectivity index (χ3n) is 7.74. The van der Waals surface area contributed by atoms with Crippen molar-refractivity contribution in [3.8, 4) is 0 Å². The molecule has 0 radical (unpaired) electrons. The third-order valence-corrected chi connectivity index (χ3v) is 11.4. The van der Waals surface area contributed by atoms with Gasteiger partial charge in [-0.05, 0) is 99.4 Å². The van der Waals surface area contributed by atoms with Crippen LogP contribution in [0.25, 0.3) is 0 Å². The Kier molecular flexibility index (Phi) is 8.87. The van der Waals surface area contributed by atoms with Crippen molar-refractivity contribution in [3.05, 3.63) is 0 Å². The number of thioether (sulfide) groups is 1. The zero-order valence-corrected chi connectivity index (χ0v) is 25.6. The van der Waals surface area contributed by atoms with Crippen LogP contribution in [0, 0.1) is 21.7 Å². The second kappa shape index (κ2) is 9.87. The molecule has 0 unspecified atom stereocenters. The second-order valence-corrected chi connectivity index (χ2v) is 16.3. The van der Waals surface area contributed by atoms with E-state index in [2.05, 4.69) is 104 Å². The zero-order chi connectivity index (χ0) is 24.6. The van der Waals surface area contributed by atoms with E-state index in [1.165, 1.54) is 37.2 Å². The molecule has 32 heavy (non-hydrogen) atoms. The normalized spacial score (nSPS) is 26.2. The van der Waals surface area contributed by atoms with Gasteiger partial charge < -0.3 is 4.74 Å². The maximum atomic E-state index is 13.4. The topological polar surface area (TPSA) is 29.5 Å². The molecule has 2 aliphatic carbocycles. The Morgan fingerprint density at radius 3 is 1.84 bits per heavy atom. The van der Waals surface area contributed by atoms with Gasteiger partial charge in [0.25, 0.3) is 0 Å². The van der Waals surface area contributed by atoms with Crippen molar-refractivity contribution < 1.29 is 9.53 Å². The van der Waals surface area contributed by atoms with Gasteiger partial charge >= 0.3 is 0 Å². The van der Waals surface area contributed by atoms with Gasteiger partial charge in [0.05, 0.1) is 40.6 Å². The Balaban J connectivity index is 1.89. The Labute approximate surface area is 217 Å². The highest BCUT2D eigenvalue weighted by atomic mass is 127. The first-order valence-electron chi connectivity index (χ1n) is 12.5. The van der Waals surface area contributed by atoms with E-state index in [4.69, 9.17) is 4.74 Å². The van der Waals surface area contributed by atoms with E-state index in [-0.39, 0.29) is 22.5 Å². The number of hydrogen-bond donors (Lipinski definition) is 0. The molecule has 0 saturated heterocycles. The van der Waals surface area contributed by atoms with E-state index in [0.29, 0.717) is 29.3 Å². The maximum absolute atomic E-state index is 13.4. The Hall–Kier alpha value is 0.510. The molecule has 2 fully saturated rings. The molecule has 0 bridgehead atoms. The molecule has 0 aromatic heterocycles. The van der Waals surface area contributed by atoms with Crippen LogP contribution in [0.3, 0.4) is 0 Å². The van der Waals surface area contributed by atoms with Crippen LogP contribution in [0.5, 0.6) is 0 Å². The number of amides is 1. The first-order chi connectivity index (χ1) is 14.3. The van der Waals surface area contributed by atoms with Crippen LogP contribution >= 0.6 is 34.6 Å². The molecular formula is C27H50INO2S. The van der Waals surface area contributed by atoms with Gasteiger partial charge in [-0.15, -0.1) is 0 Å². The lowest BCUT2D eigenvalue weighted by molar-refractivity contribution is -0.178. The fourth-order valence-electron chi connectivity index (χ4n) is 5.00. The molecule has 188 valence electrons. The lowest BCUT2D eigenvalue weighted by atomic mass is 9.37. The maximum Gasteiger partial charge on any atom is 0.232 e. The van der Waals surface area contributed by atoms with Crippen LogP contribution in [-0.2, 0) is 9.53 Å². The fourth-order valence-corrected chi connectivity index (χ4v) is 7.01. The molecule has 0 heterocycles. The summed E-state index contributed by atoms with van der Waals surface area (Å²) >= 11 is 4.36. The summed E-state index contributed by atoms with van der Waals surface area (Å²) in [6.45, 7) is 23.0. The Morgan fingerprint density at radius 2 is 1.41 bits per heavy atom. The van der Waals surface area contributed by atoms with E-state index in [1.54, 1.807) is 0 Å². The number of halogens is 1. The highest BCUT2D eigenvalue weighted by Gasteiger charge is 2.65. The van der Waals surface area contributed by atoms with Gasteiger partial charge in [0.15, 0.2) is 0 Å². The van der Waals surface area contributed by atoms with Gasteiger partial charge in [-0.3, -0.25) is 7.91 Å². The molecule has 0 N–H and O–H groups in total. The summed E-state index contributed by atoms with van der Waals surface area (Å²) in [6, 6.07) is 0. The minimum absolute atomic E-state index is 0.175. The molecule has 3 nitrogen and oxygen atoms in total. The lowest BCUT2D eigenvalue weighted by Gasteiger charge is -2.68. The lowest BCUT2D eigenvalue weighted by Crippen LogP contribution is -2.62. The second-order valence-electron chi connectivity index (χ2n) is 14.4. The predicted octanol–water partition coefficient (Wildman–Crippen LogP) is 8.29. The van der Waals surface area contributed by atoms with Gasteiger partial charge in [0.2, 0.25) is 5.91 Å². The van der Waals surface area contributed by atoms with Crippen molar-refractivity contribution in [2.45, 2.75) is 125 Å². The molecule has 1 amide bonds. The number of nitrogens with zero attached hydrogens (tertiary/aromatic N) is 1. The Morgan fingerprint density at radius 1 is 0.875 bits per heavy atom. The van der Waals surface area contributed by atoms with Gasteiger partial charge in [-0.1, -0.05) is 41.5 Å². The largest absolute Gasteiger partial charge is 0.373 e. The molecule has 0 aliphatic heterocycles. The molecule has 2 rings (SSSR count). The van der Waals surface area contributed by atoms with Gasteiger partial charge in [-0.25, -0.2) is 0 Å². The minimum atomic E-state index is -0.315. The summed E-state index contributed by atoms with van der Waals surface area (Å²) in [5.41, 5.74) is 0.878. The molecule has 0 aromatic rings. The summed E-state index contributed by atoms with van der Waals surface area (Å²) in [6.07, 6.45) is 7.96. The molecule has 2 saturated carbocycles. The molecule has 0 atom stereocenters. The zero-order valence-electron chi connectivity index (χ0n) is 22.6. The molecule has 2 aliphatic rings. The number of carbonyl (C=O) groups excluding carboxylic acids is 1. The van der Waals surface area contributed by atoms with Crippen LogP contribution in [0.4, 0.5) is 0 Å². The summed E-state index contributed by atoms with van der Waals surface area (Å²) in [5.74, 6) is 2.72. The molecule has 0 aromatic carbocycles. The van der Waals surface area contributed by atoms with Crippen molar-refractivity contribution in [2.75, 3.05) is 18.1 Å². The van der Waals surface area contributed by atoms with E-state index < -0.39 is 0 Å². The van der Waals surface area contributed by atoms with Crippen molar-refractivity contribution in [1.82, 2.24) is 3.11 Å². The van der Waals surface area contributed by atoms with E-state index >= 15 is 0 Å². The molecular weight excluding hydrogens is 529 g/mol. The smallest absolute Gasteiger partial charge is 0.232 e. The van der Waals surface area contributed by atoms with Crippen molar-refractivity contribution in [3.63, 3.8) is 0 Å². The van der Waals surface area contributed by atoms with Crippen LogP contribution in [0.2, 0.25) is 0 Å². The van der Waals surface area contributed by atoms with Crippen LogP contribution in [-0.4, -0.2) is 38.3 Å². The van der Waals surface area contributed by atoms with Crippen LogP contribution in [0.15, 0.2) is 0 Å². The minimum Gasteiger partial charge on any atom is -0.373 e.